The molecule has 1 N–H and O–H groups in total. The molecule has 3 aromatic carbocycles. The molecule has 0 saturated carbocycles. The Morgan fingerprint density at radius 1 is 0.895 bits per heavy atom. The van der Waals surface area contributed by atoms with Crippen molar-refractivity contribution in [3.8, 4) is 0 Å². The van der Waals surface area contributed by atoms with E-state index in [9.17, 15) is 22.4 Å². The Bertz CT molecular complexity index is 1340. The normalized spacial score (nSPS) is 12.0. The molecule has 3 rings (SSSR count). The maximum Gasteiger partial charge on any atom is 0.264 e. The van der Waals surface area contributed by atoms with Gasteiger partial charge in [-0.1, -0.05) is 54.4 Å². The average Bonchev–Trinajstić information content (AvgIpc) is 2.90. The number of hydrogen-bond acceptors (Lipinski definition) is 4. The molecule has 7 nitrogen and oxygen atoms in total. The summed E-state index contributed by atoms with van der Waals surface area (Å²) in [4.78, 5) is 28.0. The molecular formula is C29H34FN3O4S. The Labute approximate surface area is 224 Å². The van der Waals surface area contributed by atoms with Crippen molar-refractivity contribution in [2.45, 2.75) is 51.6 Å². The first-order valence-corrected chi connectivity index (χ1v) is 13.9. The molecular weight excluding hydrogens is 505 g/mol. The Balaban J connectivity index is 2.00. The van der Waals surface area contributed by atoms with Crippen LogP contribution in [0, 0.1) is 19.7 Å². The Hall–Kier alpha value is -3.72. The van der Waals surface area contributed by atoms with Crippen LogP contribution in [0.1, 0.15) is 37.0 Å². The zero-order valence-corrected chi connectivity index (χ0v) is 23.0. The lowest BCUT2D eigenvalue weighted by atomic mass is 10.1. The maximum absolute atomic E-state index is 13.8. The number of aryl methyl sites for hydroxylation is 2. The fourth-order valence-electron chi connectivity index (χ4n) is 3.84. The number of nitrogens with one attached hydrogen (secondary N) is 1. The molecule has 0 heterocycles. The van der Waals surface area contributed by atoms with Crippen molar-refractivity contribution in [1.82, 2.24) is 10.2 Å². The maximum atomic E-state index is 13.8. The Kier molecular flexibility index (Phi) is 9.63. The summed E-state index contributed by atoms with van der Waals surface area (Å²) in [5.74, 6) is -1.43. The largest absolute Gasteiger partial charge is 0.354 e. The first kappa shape index (κ1) is 28.8. The number of anilines is 1. The highest BCUT2D eigenvalue weighted by atomic mass is 32.2. The number of sulfonamides is 1. The van der Waals surface area contributed by atoms with Gasteiger partial charge in [-0.2, -0.15) is 0 Å². The van der Waals surface area contributed by atoms with Crippen LogP contribution >= 0.6 is 0 Å². The molecule has 0 spiro atoms. The monoisotopic (exact) mass is 539 g/mol. The number of nitrogens with zero attached hydrogens (tertiary/aromatic N) is 2. The SMILES string of the molecule is CCCNC(=O)[C@H](C)N(Cc1ccc(C)cc1)C(=O)CN(c1ccc(F)cc1)S(=O)(=O)c1ccc(C)cc1. The minimum atomic E-state index is -4.19. The highest BCUT2D eigenvalue weighted by Gasteiger charge is 2.32. The molecule has 0 radical (unpaired) electrons. The van der Waals surface area contributed by atoms with Crippen molar-refractivity contribution in [2.75, 3.05) is 17.4 Å². The van der Waals surface area contributed by atoms with Gasteiger partial charge in [-0.3, -0.25) is 13.9 Å². The quantitative estimate of drug-likeness (QED) is 0.387. The number of rotatable bonds is 11. The van der Waals surface area contributed by atoms with Gasteiger partial charge < -0.3 is 10.2 Å². The van der Waals surface area contributed by atoms with Crippen LogP contribution in [0.15, 0.2) is 77.7 Å². The topological polar surface area (TPSA) is 86.8 Å². The van der Waals surface area contributed by atoms with Crippen LogP contribution in [0.4, 0.5) is 10.1 Å². The third kappa shape index (κ3) is 7.19. The summed E-state index contributed by atoms with van der Waals surface area (Å²) in [5, 5.41) is 2.81. The van der Waals surface area contributed by atoms with Crippen molar-refractivity contribution in [2.24, 2.45) is 0 Å². The third-order valence-electron chi connectivity index (χ3n) is 6.19. The van der Waals surface area contributed by atoms with Gasteiger partial charge >= 0.3 is 0 Å². The lowest BCUT2D eigenvalue weighted by molar-refractivity contribution is -0.139. The summed E-state index contributed by atoms with van der Waals surface area (Å²) in [6, 6.07) is 17.9. The molecule has 0 aliphatic rings. The van der Waals surface area contributed by atoms with Gasteiger partial charge in [0.1, 0.15) is 18.4 Å². The van der Waals surface area contributed by atoms with E-state index in [0.29, 0.717) is 6.54 Å². The van der Waals surface area contributed by atoms with Crippen LogP contribution in [-0.4, -0.2) is 44.3 Å². The van der Waals surface area contributed by atoms with Gasteiger partial charge in [0.25, 0.3) is 10.0 Å². The summed E-state index contributed by atoms with van der Waals surface area (Å²) in [6.07, 6.45) is 0.734. The van der Waals surface area contributed by atoms with Gasteiger partial charge in [-0.05, 0) is 69.2 Å². The van der Waals surface area contributed by atoms with E-state index in [4.69, 9.17) is 0 Å². The van der Waals surface area contributed by atoms with Gasteiger partial charge in [0.2, 0.25) is 11.8 Å². The van der Waals surface area contributed by atoms with Crippen molar-refractivity contribution < 1.29 is 22.4 Å². The second-order valence-corrected chi connectivity index (χ2v) is 11.1. The zero-order chi connectivity index (χ0) is 27.9. The minimum absolute atomic E-state index is 0.000882. The summed E-state index contributed by atoms with van der Waals surface area (Å²) in [6.45, 7) is 7.33. The fourth-order valence-corrected chi connectivity index (χ4v) is 5.26. The standard InChI is InChI=1S/C29H34FN3O4S/c1-5-18-31-29(35)23(4)32(19-24-10-6-21(2)7-11-24)28(34)20-33(26-14-12-25(30)13-15-26)38(36,37)27-16-8-22(3)9-17-27/h6-17,23H,5,18-20H2,1-4H3,(H,31,35)/t23-/m0/s1. The lowest BCUT2D eigenvalue weighted by Gasteiger charge is -2.32. The van der Waals surface area contributed by atoms with Gasteiger partial charge in [0.15, 0.2) is 0 Å². The van der Waals surface area contributed by atoms with Gasteiger partial charge in [0, 0.05) is 13.1 Å². The predicted octanol–water partition coefficient (Wildman–Crippen LogP) is 4.58. The van der Waals surface area contributed by atoms with E-state index in [1.54, 1.807) is 19.1 Å². The average molecular weight is 540 g/mol. The second kappa shape index (κ2) is 12.7. The molecule has 0 aromatic heterocycles. The Morgan fingerprint density at radius 2 is 1.45 bits per heavy atom. The molecule has 2 amide bonds. The van der Waals surface area contributed by atoms with E-state index < -0.39 is 34.3 Å². The van der Waals surface area contributed by atoms with Crippen LogP contribution in [-0.2, 0) is 26.2 Å². The minimum Gasteiger partial charge on any atom is -0.354 e. The summed E-state index contributed by atoms with van der Waals surface area (Å²) < 4.78 is 42.1. The molecule has 3 aromatic rings. The van der Waals surface area contributed by atoms with Gasteiger partial charge in [-0.15, -0.1) is 0 Å². The molecule has 9 heteroatoms. The van der Waals surface area contributed by atoms with Crippen molar-refractivity contribution >= 4 is 27.5 Å². The van der Waals surface area contributed by atoms with E-state index in [0.717, 1.165) is 39.5 Å². The van der Waals surface area contributed by atoms with Crippen molar-refractivity contribution in [3.05, 3.63) is 95.3 Å². The van der Waals surface area contributed by atoms with Crippen LogP contribution in [0.5, 0.6) is 0 Å². The van der Waals surface area contributed by atoms with Gasteiger partial charge in [-0.25, -0.2) is 12.8 Å². The van der Waals surface area contributed by atoms with Crippen molar-refractivity contribution in [3.63, 3.8) is 0 Å². The summed E-state index contributed by atoms with van der Waals surface area (Å²) >= 11 is 0. The molecule has 0 aliphatic heterocycles. The number of benzene rings is 3. The summed E-state index contributed by atoms with van der Waals surface area (Å²) in [5.41, 5.74) is 2.86. The number of halogens is 1. The summed E-state index contributed by atoms with van der Waals surface area (Å²) in [7, 11) is -4.19. The Morgan fingerprint density at radius 3 is 2.00 bits per heavy atom. The number of carbonyl (C=O) groups excluding carboxylic acids is 2. The molecule has 38 heavy (non-hydrogen) atoms. The number of amides is 2. The van der Waals surface area contributed by atoms with Gasteiger partial charge in [0.05, 0.1) is 10.6 Å². The second-order valence-electron chi connectivity index (χ2n) is 9.28. The predicted molar refractivity (Wildman–Crippen MR) is 147 cm³/mol. The molecule has 0 fully saturated rings. The fraction of sp³-hybridized carbons (Fsp3) is 0.310. The van der Waals surface area contributed by atoms with E-state index >= 15 is 0 Å². The molecule has 0 unspecified atom stereocenters. The first-order valence-electron chi connectivity index (χ1n) is 12.5. The number of hydrogen-bond donors (Lipinski definition) is 1. The van der Waals surface area contributed by atoms with Crippen LogP contribution in [0.3, 0.4) is 0 Å². The molecule has 1 atom stereocenters. The van der Waals surface area contributed by atoms with Crippen molar-refractivity contribution in [1.29, 1.82) is 0 Å². The highest BCUT2D eigenvalue weighted by Crippen LogP contribution is 2.25. The molecule has 0 saturated heterocycles. The molecule has 0 bridgehead atoms. The third-order valence-corrected chi connectivity index (χ3v) is 7.98. The lowest BCUT2D eigenvalue weighted by Crippen LogP contribution is -2.51. The highest BCUT2D eigenvalue weighted by molar-refractivity contribution is 7.92. The smallest absolute Gasteiger partial charge is 0.264 e. The van der Waals surface area contributed by atoms with E-state index in [-0.39, 0.29) is 23.0 Å². The van der Waals surface area contributed by atoms with Crippen LogP contribution in [0.2, 0.25) is 0 Å². The number of carbonyl (C=O) groups is 2. The molecule has 0 aliphatic carbocycles. The van der Waals surface area contributed by atoms with E-state index in [1.807, 2.05) is 45.0 Å². The zero-order valence-electron chi connectivity index (χ0n) is 22.1. The van der Waals surface area contributed by atoms with Crippen LogP contribution < -0.4 is 9.62 Å². The van der Waals surface area contributed by atoms with Crippen LogP contribution in [0.25, 0.3) is 0 Å². The van der Waals surface area contributed by atoms with E-state index in [1.165, 1.54) is 29.2 Å². The first-order chi connectivity index (χ1) is 18.0. The molecule has 202 valence electrons. The van der Waals surface area contributed by atoms with E-state index in [2.05, 4.69) is 5.32 Å².